The Labute approximate surface area is 194 Å². The molecule has 12 unspecified atom stereocenters. The molecule has 0 aromatic rings. The fraction of sp³-hybridized carbons (Fsp3) is 1.00. The molecule has 6 bridgehead atoms. The lowest BCUT2D eigenvalue weighted by atomic mass is 9.76. The lowest BCUT2D eigenvalue weighted by Crippen LogP contribution is -2.64. The van der Waals surface area contributed by atoms with E-state index in [1.54, 1.807) is 0 Å². The minimum absolute atomic E-state index is 0.630. The normalized spacial score (nSPS) is 57.4. The van der Waals surface area contributed by atoms with Crippen LogP contribution >= 0.6 is 0 Å². The highest BCUT2D eigenvalue weighted by atomic mass is 15.4. The van der Waals surface area contributed by atoms with E-state index < -0.39 is 0 Å². The van der Waals surface area contributed by atoms with Crippen molar-refractivity contribution in [3.05, 3.63) is 0 Å². The average molecular weight is 440 g/mol. The van der Waals surface area contributed by atoms with Gasteiger partial charge in [-0.05, 0) is 82.5 Å². The molecule has 0 aromatic heterocycles. The second kappa shape index (κ2) is 7.65. The molecule has 5 nitrogen and oxygen atoms in total. The van der Waals surface area contributed by atoms with E-state index in [4.69, 9.17) is 0 Å². The second-order valence-corrected chi connectivity index (χ2v) is 13.0. The van der Waals surface area contributed by atoms with Crippen LogP contribution in [-0.4, -0.2) is 70.5 Å². The zero-order valence-corrected chi connectivity index (χ0v) is 19.9. The van der Waals surface area contributed by atoms with Gasteiger partial charge in [0.05, 0.1) is 12.3 Å². The van der Waals surface area contributed by atoms with E-state index in [1.807, 2.05) is 0 Å². The number of hydrogen-bond donors (Lipinski definition) is 3. The van der Waals surface area contributed by atoms with Crippen LogP contribution in [-0.2, 0) is 0 Å². The summed E-state index contributed by atoms with van der Waals surface area (Å²) >= 11 is 0. The van der Waals surface area contributed by atoms with E-state index in [1.165, 1.54) is 96.3 Å². The number of fused-ring (bicyclic) bond motifs is 13. The first-order valence-corrected chi connectivity index (χ1v) is 14.7. The molecular formula is C27H45N5. The zero-order valence-electron chi connectivity index (χ0n) is 19.9. The Morgan fingerprint density at radius 2 is 0.938 bits per heavy atom. The first-order valence-electron chi connectivity index (χ1n) is 14.7. The number of hydrogen-bond acceptors (Lipinski definition) is 5. The summed E-state index contributed by atoms with van der Waals surface area (Å²) < 4.78 is 0. The Morgan fingerprint density at radius 3 is 1.47 bits per heavy atom. The molecule has 6 aliphatic heterocycles. The van der Waals surface area contributed by atoms with Crippen molar-refractivity contribution < 1.29 is 0 Å². The first kappa shape index (κ1) is 20.0. The third-order valence-corrected chi connectivity index (χ3v) is 11.7. The summed E-state index contributed by atoms with van der Waals surface area (Å²) in [5.74, 6) is 1.82. The molecule has 178 valence electrons. The summed E-state index contributed by atoms with van der Waals surface area (Å²) in [5.41, 5.74) is 0. The summed E-state index contributed by atoms with van der Waals surface area (Å²) in [5, 5.41) is 13.1. The van der Waals surface area contributed by atoms with Crippen LogP contribution in [0.1, 0.15) is 96.3 Å². The van der Waals surface area contributed by atoms with Crippen molar-refractivity contribution in [3.63, 3.8) is 0 Å². The fourth-order valence-electron chi connectivity index (χ4n) is 10.7. The van der Waals surface area contributed by atoms with Gasteiger partial charge >= 0.3 is 0 Å². The number of nitrogens with one attached hydrogen (secondary N) is 3. The van der Waals surface area contributed by atoms with Crippen molar-refractivity contribution >= 4 is 0 Å². The van der Waals surface area contributed by atoms with E-state index in [9.17, 15) is 0 Å². The molecule has 0 amide bonds. The minimum atomic E-state index is 0.630. The largest absolute Gasteiger partial charge is 0.307 e. The third kappa shape index (κ3) is 2.81. The van der Waals surface area contributed by atoms with E-state index in [0.717, 1.165) is 48.1 Å². The van der Waals surface area contributed by atoms with Gasteiger partial charge in [-0.2, -0.15) is 0 Å². The Morgan fingerprint density at radius 1 is 0.438 bits per heavy atom. The first-order chi connectivity index (χ1) is 15.9. The van der Waals surface area contributed by atoms with Crippen LogP contribution in [0.5, 0.6) is 0 Å². The van der Waals surface area contributed by atoms with Gasteiger partial charge in [0.2, 0.25) is 0 Å². The molecule has 8 rings (SSSR count). The number of rotatable bonds is 0. The van der Waals surface area contributed by atoms with Crippen molar-refractivity contribution in [2.75, 3.05) is 0 Å². The van der Waals surface area contributed by atoms with Gasteiger partial charge in [0.15, 0.2) is 0 Å². The third-order valence-electron chi connectivity index (χ3n) is 11.7. The van der Waals surface area contributed by atoms with E-state index in [2.05, 4.69) is 25.8 Å². The van der Waals surface area contributed by atoms with Crippen molar-refractivity contribution in [2.45, 2.75) is 157 Å². The summed E-state index contributed by atoms with van der Waals surface area (Å²) in [4.78, 5) is 6.22. The van der Waals surface area contributed by atoms with Gasteiger partial charge in [-0.1, -0.05) is 25.7 Å². The maximum atomic E-state index is 4.48. The van der Waals surface area contributed by atoms with Gasteiger partial charge < -0.3 is 5.32 Å². The van der Waals surface area contributed by atoms with E-state index >= 15 is 0 Å². The van der Waals surface area contributed by atoms with Crippen LogP contribution in [0.2, 0.25) is 0 Å². The van der Waals surface area contributed by atoms with Gasteiger partial charge in [-0.25, -0.2) is 0 Å². The summed E-state index contributed by atoms with van der Waals surface area (Å²) in [6.07, 6.45) is 22.8. The van der Waals surface area contributed by atoms with Gasteiger partial charge in [0.25, 0.3) is 0 Å². The lowest BCUT2D eigenvalue weighted by molar-refractivity contribution is 0.0228. The van der Waals surface area contributed by atoms with Crippen LogP contribution in [0.15, 0.2) is 0 Å². The molecule has 5 heteroatoms. The summed E-state index contributed by atoms with van der Waals surface area (Å²) in [7, 11) is 0. The molecule has 8 fully saturated rings. The monoisotopic (exact) mass is 439 g/mol. The smallest absolute Gasteiger partial charge is 0.0605 e. The van der Waals surface area contributed by atoms with E-state index in [-0.39, 0.29) is 0 Å². The molecule has 12 atom stereocenters. The maximum absolute atomic E-state index is 4.48. The van der Waals surface area contributed by atoms with Gasteiger partial charge in [0, 0.05) is 48.3 Å². The molecule has 6 heterocycles. The number of piperidine rings is 3. The predicted octanol–water partition coefficient (Wildman–Crippen LogP) is 3.15. The summed E-state index contributed by atoms with van der Waals surface area (Å²) in [6.45, 7) is 0. The average Bonchev–Trinajstić information content (AvgIpc) is 3.34. The Kier molecular flexibility index (Phi) is 4.79. The van der Waals surface area contributed by atoms with Crippen molar-refractivity contribution in [1.82, 2.24) is 25.8 Å². The molecule has 0 aromatic carbocycles. The van der Waals surface area contributed by atoms with Crippen LogP contribution < -0.4 is 16.0 Å². The van der Waals surface area contributed by atoms with Gasteiger partial charge in [-0.15, -0.1) is 0 Å². The van der Waals surface area contributed by atoms with Crippen molar-refractivity contribution in [1.29, 1.82) is 0 Å². The van der Waals surface area contributed by atoms with Gasteiger partial charge in [0.1, 0.15) is 0 Å². The van der Waals surface area contributed by atoms with Crippen LogP contribution in [0.3, 0.4) is 0 Å². The van der Waals surface area contributed by atoms with Crippen molar-refractivity contribution in [2.24, 2.45) is 11.8 Å². The predicted molar refractivity (Wildman–Crippen MR) is 127 cm³/mol. The quantitative estimate of drug-likeness (QED) is 0.541. The molecule has 0 spiro atoms. The SMILES string of the molecule is C1CCC2C(C1)C1NC3C4CCCCC4N4C5CCCC(N5)C5CCCC(N5)N2C1CC34. The molecule has 6 saturated heterocycles. The molecule has 8 aliphatic rings. The van der Waals surface area contributed by atoms with Crippen LogP contribution in [0, 0.1) is 11.8 Å². The molecular weight excluding hydrogens is 394 g/mol. The molecule has 2 saturated carbocycles. The fourth-order valence-corrected chi connectivity index (χ4v) is 10.7. The van der Waals surface area contributed by atoms with Crippen LogP contribution in [0.25, 0.3) is 0 Å². The second-order valence-electron chi connectivity index (χ2n) is 13.0. The summed E-state index contributed by atoms with van der Waals surface area (Å²) in [6, 6.07) is 6.10. The topological polar surface area (TPSA) is 42.6 Å². The number of nitrogens with zero attached hydrogens (tertiary/aromatic N) is 2. The van der Waals surface area contributed by atoms with E-state index in [0.29, 0.717) is 24.4 Å². The lowest BCUT2D eigenvalue weighted by Gasteiger charge is -2.47. The standard InChI is InChI=1S/C27H45N5/c1-3-11-20-16(7-1)26-22-15-23-27(30-26)17-8-2-4-12-21(17)32(23)25-14-6-10-19(29-25)18-9-5-13-24(28-18)31(20)22/h16-30H,1-15H2. The zero-order chi connectivity index (χ0) is 20.8. The van der Waals surface area contributed by atoms with Crippen molar-refractivity contribution in [3.8, 4) is 0 Å². The highest BCUT2D eigenvalue weighted by Crippen LogP contribution is 2.51. The Balaban J connectivity index is 1.24. The maximum Gasteiger partial charge on any atom is 0.0605 e. The Bertz CT molecular complexity index is 671. The van der Waals surface area contributed by atoms with Crippen LogP contribution in [0.4, 0.5) is 0 Å². The molecule has 3 N–H and O–H groups in total. The minimum Gasteiger partial charge on any atom is -0.307 e. The highest BCUT2D eigenvalue weighted by Gasteiger charge is 2.61. The highest BCUT2D eigenvalue weighted by molar-refractivity contribution is 5.18. The molecule has 32 heavy (non-hydrogen) atoms. The molecule has 0 radical (unpaired) electrons. The molecule has 2 aliphatic carbocycles. The Hall–Kier alpha value is -0.200. The van der Waals surface area contributed by atoms with Gasteiger partial charge in [-0.3, -0.25) is 20.4 Å².